The zero-order valence-electron chi connectivity index (χ0n) is 12.7. The normalized spacial score (nSPS) is 11.6. The van der Waals surface area contributed by atoms with E-state index < -0.39 is 21.9 Å². The summed E-state index contributed by atoms with van der Waals surface area (Å²) in [6.45, 7) is -0.0501. The van der Waals surface area contributed by atoms with Gasteiger partial charge in [-0.25, -0.2) is 8.42 Å². The predicted molar refractivity (Wildman–Crippen MR) is 90.5 cm³/mol. The van der Waals surface area contributed by atoms with Crippen LogP contribution in [-0.2, 0) is 19.6 Å². The number of unbranched alkanes of at least 4 members (excludes halogenated alkanes) is 1. The maximum atomic E-state index is 12.7. The van der Waals surface area contributed by atoms with Gasteiger partial charge in [-0.2, -0.15) is 4.31 Å². The first-order chi connectivity index (χ1) is 11.1. The van der Waals surface area contributed by atoms with E-state index in [1.54, 1.807) is 0 Å². The average molecular weight is 397 g/mol. The van der Waals surface area contributed by atoms with Crippen molar-refractivity contribution in [2.45, 2.75) is 30.6 Å². The molecule has 0 unspecified atom stereocenters. The Bertz CT molecular complexity index is 709. The maximum absolute atomic E-state index is 12.7. The molecule has 0 aromatic heterocycles. The van der Waals surface area contributed by atoms with Gasteiger partial charge in [-0.3, -0.25) is 9.59 Å². The largest absolute Gasteiger partial charge is 0.481 e. The van der Waals surface area contributed by atoms with E-state index in [0.717, 1.165) is 4.31 Å². The number of carbonyl (C=O) groups excluding carboxylic acids is 1. The molecule has 0 bridgehead atoms. The first-order valence-electron chi connectivity index (χ1n) is 7.10. The van der Waals surface area contributed by atoms with Crippen molar-refractivity contribution in [3.63, 3.8) is 0 Å². The fourth-order valence-electron chi connectivity index (χ4n) is 1.97. The van der Waals surface area contributed by atoms with Gasteiger partial charge in [0.2, 0.25) is 15.9 Å². The molecule has 0 fully saturated rings. The van der Waals surface area contributed by atoms with Crippen LogP contribution < -0.4 is 5.73 Å². The lowest BCUT2D eigenvalue weighted by atomic mass is 10.2. The molecule has 24 heavy (non-hydrogen) atoms. The maximum Gasteiger partial charge on any atom is 0.303 e. The molecule has 0 spiro atoms. The molecule has 3 N–H and O–H groups in total. The topological polar surface area (TPSA) is 118 Å². The number of carbonyl (C=O) groups is 2. The Morgan fingerprint density at radius 1 is 1.12 bits per heavy atom. The minimum Gasteiger partial charge on any atom is -0.481 e. The Kier molecular flexibility index (Phi) is 7.95. The summed E-state index contributed by atoms with van der Waals surface area (Å²) in [7, 11) is -3.96. The van der Waals surface area contributed by atoms with Crippen molar-refractivity contribution < 1.29 is 23.1 Å². The molecule has 0 heterocycles. The standard InChI is InChI=1S/C14H18Cl2N2O5S/c15-10-4-5-12(11(16)9-10)24(22,23)18(8-6-13(17)19)7-2-1-3-14(20)21/h4-5,9H,1-3,6-8H2,(H2,17,19)(H,20,21). The highest BCUT2D eigenvalue weighted by Crippen LogP contribution is 2.28. The van der Waals surface area contributed by atoms with E-state index in [2.05, 4.69) is 0 Å². The van der Waals surface area contributed by atoms with Crippen LogP contribution in [0.3, 0.4) is 0 Å². The molecule has 0 saturated heterocycles. The molecule has 7 nitrogen and oxygen atoms in total. The van der Waals surface area contributed by atoms with E-state index in [9.17, 15) is 18.0 Å². The first kappa shape index (κ1) is 20.7. The van der Waals surface area contributed by atoms with Crippen molar-refractivity contribution in [2.24, 2.45) is 5.73 Å². The molecule has 0 radical (unpaired) electrons. The van der Waals surface area contributed by atoms with E-state index >= 15 is 0 Å². The third kappa shape index (κ3) is 6.27. The number of carboxylic acid groups (broad SMARTS) is 1. The number of halogens is 2. The molecule has 0 aliphatic rings. The van der Waals surface area contributed by atoms with Gasteiger partial charge in [0.25, 0.3) is 0 Å². The average Bonchev–Trinajstić information content (AvgIpc) is 2.45. The summed E-state index contributed by atoms with van der Waals surface area (Å²) >= 11 is 11.7. The summed E-state index contributed by atoms with van der Waals surface area (Å²) in [5.74, 6) is -1.59. The van der Waals surface area contributed by atoms with Gasteiger partial charge in [0.1, 0.15) is 4.90 Å². The predicted octanol–water partition coefficient (Wildman–Crippen LogP) is 2.11. The van der Waals surface area contributed by atoms with E-state index in [-0.39, 0.29) is 35.8 Å². The second-order valence-corrected chi connectivity index (χ2v) is 7.80. The molecule has 1 aromatic carbocycles. The van der Waals surface area contributed by atoms with Gasteiger partial charge in [-0.15, -0.1) is 0 Å². The Morgan fingerprint density at radius 3 is 2.33 bits per heavy atom. The van der Waals surface area contributed by atoms with Crippen molar-refractivity contribution in [3.8, 4) is 0 Å². The van der Waals surface area contributed by atoms with E-state index in [0.29, 0.717) is 17.9 Å². The molecule has 134 valence electrons. The second kappa shape index (κ2) is 9.22. The molecule has 0 aliphatic carbocycles. The molecule has 1 amide bonds. The molecule has 1 aromatic rings. The van der Waals surface area contributed by atoms with E-state index in [1.165, 1.54) is 18.2 Å². The highest BCUT2D eigenvalue weighted by Gasteiger charge is 2.26. The van der Waals surface area contributed by atoms with Crippen LogP contribution in [0.1, 0.15) is 25.7 Å². The Balaban J connectivity index is 2.97. The molecule has 1 rings (SSSR count). The number of nitrogens with two attached hydrogens (primary N) is 1. The Labute approximate surface area is 150 Å². The zero-order valence-corrected chi connectivity index (χ0v) is 15.1. The highest BCUT2D eigenvalue weighted by molar-refractivity contribution is 7.89. The highest BCUT2D eigenvalue weighted by atomic mass is 35.5. The van der Waals surface area contributed by atoms with Gasteiger partial charge in [0, 0.05) is 31.0 Å². The zero-order chi connectivity index (χ0) is 18.3. The van der Waals surface area contributed by atoms with Crippen LogP contribution in [0.4, 0.5) is 0 Å². The minimum atomic E-state index is -3.96. The number of aliphatic carboxylic acids is 1. The number of amides is 1. The summed E-state index contributed by atoms with van der Waals surface area (Å²) in [6, 6.07) is 4.00. The minimum absolute atomic E-state index is 0.0305. The van der Waals surface area contributed by atoms with Crippen molar-refractivity contribution in [1.29, 1.82) is 0 Å². The van der Waals surface area contributed by atoms with Crippen LogP contribution in [-0.4, -0.2) is 42.8 Å². The number of hydrogen-bond donors (Lipinski definition) is 2. The molecular formula is C14H18Cl2N2O5S. The van der Waals surface area contributed by atoms with Crippen molar-refractivity contribution in [1.82, 2.24) is 4.31 Å². The number of primary amides is 1. The lowest BCUT2D eigenvalue weighted by Crippen LogP contribution is -2.35. The Hall–Kier alpha value is -1.35. The van der Waals surface area contributed by atoms with Crippen LogP contribution >= 0.6 is 23.2 Å². The van der Waals surface area contributed by atoms with Gasteiger partial charge < -0.3 is 10.8 Å². The van der Waals surface area contributed by atoms with Crippen LogP contribution in [0.15, 0.2) is 23.1 Å². The lowest BCUT2D eigenvalue weighted by molar-refractivity contribution is -0.137. The quantitative estimate of drug-likeness (QED) is 0.587. The van der Waals surface area contributed by atoms with Crippen LogP contribution in [0.2, 0.25) is 10.0 Å². The van der Waals surface area contributed by atoms with Crippen molar-refractivity contribution >= 4 is 45.1 Å². The number of sulfonamides is 1. The number of benzene rings is 1. The molecule has 0 aliphatic heterocycles. The third-order valence-electron chi connectivity index (χ3n) is 3.17. The van der Waals surface area contributed by atoms with Gasteiger partial charge >= 0.3 is 5.97 Å². The molecule has 10 heteroatoms. The van der Waals surface area contributed by atoms with Crippen LogP contribution in [0, 0.1) is 0 Å². The Morgan fingerprint density at radius 2 is 1.79 bits per heavy atom. The number of nitrogens with zero attached hydrogens (tertiary/aromatic N) is 1. The molecule has 0 saturated carbocycles. The summed E-state index contributed by atoms with van der Waals surface area (Å²) in [6.07, 6.45) is 0.427. The summed E-state index contributed by atoms with van der Waals surface area (Å²) in [5.41, 5.74) is 5.09. The van der Waals surface area contributed by atoms with E-state index in [1.807, 2.05) is 0 Å². The van der Waals surface area contributed by atoms with Crippen molar-refractivity contribution in [2.75, 3.05) is 13.1 Å². The number of rotatable bonds is 10. The fraction of sp³-hybridized carbons (Fsp3) is 0.429. The number of hydrogen-bond acceptors (Lipinski definition) is 4. The molecular weight excluding hydrogens is 379 g/mol. The second-order valence-electron chi connectivity index (χ2n) is 5.05. The SMILES string of the molecule is NC(=O)CCN(CCCCC(=O)O)S(=O)(=O)c1ccc(Cl)cc1Cl. The summed E-state index contributed by atoms with van der Waals surface area (Å²) < 4.78 is 26.5. The van der Waals surface area contributed by atoms with E-state index in [4.69, 9.17) is 34.0 Å². The van der Waals surface area contributed by atoms with Crippen LogP contribution in [0.5, 0.6) is 0 Å². The van der Waals surface area contributed by atoms with Gasteiger partial charge in [0.05, 0.1) is 5.02 Å². The van der Waals surface area contributed by atoms with Gasteiger partial charge in [-0.05, 0) is 31.0 Å². The fourth-order valence-corrected chi connectivity index (χ4v) is 4.20. The monoisotopic (exact) mass is 396 g/mol. The number of carboxylic acids is 1. The molecule has 0 atom stereocenters. The summed E-state index contributed by atoms with van der Waals surface area (Å²) in [4.78, 5) is 21.4. The van der Waals surface area contributed by atoms with Gasteiger partial charge in [-0.1, -0.05) is 23.2 Å². The van der Waals surface area contributed by atoms with Crippen molar-refractivity contribution in [3.05, 3.63) is 28.2 Å². The third-order valence-corrected chi connectivity index (χ3v) is 5.78. The van der Waals surface area contributed by atoms with Crippen LogP contribution in [0.25, 0.3) is 0 Å². The smallest absolute Gasteiger partial charge is 0.303 e. The lowest BCUT2D eigenvalue weighted by Gasteiger charge is -2.22. The summed E-state index contributed by atoms with van der Waals surface area (Å²) in [5, 5.41) is 8.90. The first-order valence-corrected chi connectivity index (χ1v) is 9.29. The van der Waals surface area contributed by atoms with Gasteiger partial charge in [0.15, 0.2) is 0 Å².